The number of ether oxygens (including phenoxy) is 7. The van der Waals surface area contributed by atoms with Gasteiger partial charge in [-0.25, -0.2) is 4.79 Å². The molecule has 3 heterocycles. The lowest BCUT2D eigenvalue weighted by atomic mass is 9.86. The molecule has 0 aliphatic carbocycles. The summed E-state index contributed by atoms with van der Waals surface area (Å²) in [7, 11) is 1.15. The third-order valence-electron chi connectivity index (χ3n) is 8.28. The van der Waals surface area contributed by atoms with Crippen LogP contribution in [0, 0.1) is 5.92 Å². The molecule has 0 radical (unpaired) electrons. The molecule has 1 aromatic carbocycles. The van der Waals surface area contributed by atoms with Crippen molar-refractivity contribution in [1.29, 1.82) is 0 Å². The highest BCUT2D eigenvalue weighted by Gasteiger charge is 2.47. The summed E-state index contributed by atoms with van der Waals surface area (Å²) in [6.07, 6.45) is -13.5. The second-order valence-electron chi connectivity index (χ2n) is 11.3. The van der Waals surface area contributed by atoms with Crippen molar-refractivity contribution in [2.24, 2.45) is 5.92 Å². The van der Waals surface area contributed by atoms with Crippen molar-refractivity contribution in [3.63, 3.8) is 0 Å². The molecule has 48 heavy (non-hydrogen) atoms. The number of carbonyl (C=O) groups is 2. The van der Waals surface area contributed by atoms with Gasteiger partial charge in [-0.3, -0.25) is 4.79 Å². The Labute approximate surface area is 275 Å². The summed E-state index contributed by atoms with van der Waals surface area (Å²) in [5.41, 5.74) is 0.997. The van der Waals surface area contributed by atoms with E-state index in [0.717, 1.165) is 18.9 Å². The van der Waals surface area contributed by atoms with Gasteiger partial charge in [-0.15, -0.1) is 0 Å². The largest absolute Gasteiger partial charge is 0.468 e. The number of esters is 2. The van der Waals surface area contributed by atoms with Gasteiger partial charge in [-0.2, -0.15) is 0 Å². The van der Waals surface area contributed by atoms with Crippen LogP contribution in [0.1, 0.15) is 18.9 Å². The highest BCUT2D eigenvalue weighted by molar-refractivity contribution is 5.91. The Morgan fingerprint density at radius 3 is 1.98 bits per heavy atom. The first kappa shape index (κ1) is 37.8. The van der Waals surface area contributed by atoms with Gasteiger partial charge in [0.2, 0.25) is 6.29 Å². The van der Waals surface area contributed by atoms with Crippen LogP contribution in [0.4, 0.5) is 0 Å². The van der Waals surface area contributed by atoms with Crippen LogP contribution < -0.4 is 4.74 Å². The Bertz CT molecular complexity index is 1280. The SMILES string of the molecule is CC=C1C(OC2OC(CO)C(O)C(O)C2O)OC=C(C(=O)OC)C1CC(=O)Oc1ccc(CCOC2OC(CO)C(O)C(O)C2O)cc1. The molecular formula is C31H42O17. The Hall–Kier alpha value is -3.04. The first-order chi connectivity index (χ1) is 22.9. The molecule has 0 spiro atoms. The second kappa shape index (κ2) is 17.1. The Kier molecular flexibility index (Phi) is 13.4. The van der Waals surface area contributed by atoms with Crippen LogP contribution in [-0.4, -0.2) is 147 Å². The van der Waals surface area contributed by atoms with Crippen LogP contribution >= 0.6 is 0 Å². The van der Waals surface area contributed by atoms with E-state index in [1.54, 1.807) is 19.1 Å². The minimum Gasteiger partial charge on any atom is -0.468 e. The molecule has 12 atom stereocenters. The van der Waals surface area contributed by atoms with Crippen LogP contribution in [0.5, 0.6) is 5.75 Å². The zero-order valence-corrected chi connectivity index (χ0v) is 26.2. The van der Waals surface area contributed by atoms with Crippen molar-refractivity contribution in [3.05, 3.63) is 53.3 Å². The zero-order chi connectivity index (χ0) is 35.1. The normalized spacial score (nSPS) is 36.2. The third kappa shape index (κ3) is 8.57. The van der Waals surface area contributed by atoms with Crippen LogP contribution in [0.25, 0.3) is 0 Å². The van der Waals surface area contributed by atoms with E-state index in [1.807, 2.05) is 0 Å². The topological polar surface area (TPSA) is 261 Å². The second-order valence-corrected chi connectivity index (χ2v) is 11.3. The molecule has 0 aromatic heterocycles. The van der Waals surface area contributed by atoms with Crippen molar-refractivity contribution in [1.82, 2.24) is 0 Å². The smallest absolute Gasteiger partial charge is 0.337 e. The van der Waals surface area contributed by atoms with Gasteiger partial charge < -0.3 is 74.0 Å². The summed E-state index contributed by atoms with van der Waals surface area (Å²) in [5, 5.41) is 79.3. The van der Waals surface area contributed by atoms with Crippen LogP contribution in [0.3, 0.4) is 0 Å². The summed E-state index contributed by atoms with van der Waals surface area (Å²) in [4.78, 5) is 25.7. The fourth-order valence-electron chi connectivity index (χ4n) is 5.49. The van der Waals surface area contributed by atoms with Crippen molar-refractivity contribution in [3.8, 4) is 5.75 Å². The zero-order valence-electron chi connectivity index (χ0n) is 26.2. The molecule has 12 unspecified atom stereocenters. The lowest BCUT2D eigenvalue weighted by Crippen LogP contribution is -2.60. The first-order valence-electron chi connectivity index (χ1n) is 15.2. The maximum absolute atomic E-state index is 13.1. The molecule has 3 aliphatic rings. The molecule has 1 aromatic rings. The Morgan fingerprint density at radius 1 is 0.833 bits per heavy atom. The number of methoxy groups -OCH3 is 1. The third-order valence-corrected chi connectivity index (χ3v) is 8.28. The first-order valence-corrected chi connectivity index (χ1v) is 15.2. The van der Waals surface area contributed by atoms with Crippen molar-refractivity contribution < 1.29 is 83.6 Å². The van der Waals surface area contributed by atoms with E-state index >= 15 is 0 Å². The fourth-order valence-corrected chi connectivity index (χ4v) is 5.49. The van der Waals surface area contributed by atoms with Gasteiger partial charge in [-0.1, -0.05) is 18.2 Å². The molecule has 3 aliphatic heterocycles. The Balaban J connectivity index is 1.36. The lowest BCUT2D eigenvalue weighted by Gasteiger charge is -2.41. The van der Waals surface area contributed by atoms with Gasteiger partial charge >= 0.3 is 11.9 Å². The van der Waals surface area contributed by atoms with Crippen LogP contribution in [0.2, 0.25) is 0 Å². The average molecular weight is 687 g/mol. The molecule has 2 fully saturated rings. The summed E-state index contributed by atoms with van der Waals surface area (Å²) in [6, 6.07) is 6.39. The molecule has 17 nitrogen and oxygen atoms in total. The molecule has 0 amide bonds. The van der Waals surface area contributed by atoms with Crippen molar-refractivity contribution in [2.75, 3.05) is 26.9 Å². The number of hydrogen-bond acceptors (Lipinski definition) is 17. The van der Waals surface area contributed by atoms with E-state index in [0.29, 0.717) is 6.42 Å². The number of aliphatic hydroxyl groups excluding tert-OH is 8. The van der Waals surface area contributed by atoms with E-state index < -0.39 is 98.8 Å². The number of carbonyl (C=O) groups excluding carboxylic acids is 2. The van der Waals surface area contributed by atoms with Crippen molar-refractivity contribution in [2.45, 2.75) is 87.5 Å². The monoisotopic (exact) mass is 686 g/mol. The number of aliphatic hydroxyl groups is 8. The molecule has 4 rings (SSSR count). The summed E-state index contributed by atoms with van der Waals surface area (Å²) in [5.74, 6) is -2.29. The molecular weight excluding hydrogens is 644 g/mol. The Morgan fingerprint density at radius 2 is 1.42 bits per heavy atom. The number of benzene rings is 1. The van der Waals surface area contributed by atoms with Gasteiger partial charge in [0.15, 0.2) is 12.6 Å². The van der Waals surface area contributed by atoms with Gasteiger partial charge in [-0.05, 0) is 31.0 Å². The maximum atomic E-state index is 13.1. The molecule has 8 N–H and O–H groups in total. The van der Waals surface area contributed by atoms with Gasteiger partial charge in [0.05, 0.1) is 45.2 Å². The van der Waals surface area contributed by atoms with E-state index in [2.05, 4.69) is 0 Å². The summed E-state index contributed by atoms with van der Waals surface area (Å²) < 4.78 is 37.9. The maximum Gasteiger partial charge on any atom is 0.337 e. The summed E-state index contributed by atoms with van der Waals surface area (Å²) in [6.45, 7) is 0.393. The molecule has 2 saturated heterocycles. The summed E-state index contributed by atoms with van der Waals surface area (Å²) >= 11 is 0. The average Bonchev–Trinajstić information content (AvgIpc) is 3.08. The van der Waals surface area contributed by atoms with Gasteiger partial charge in [0.25, 0.3) is 0 Å². The molecule has 268 valence electrons. The molecule has 17 heteroatoms. The van der Waals surface area contributed by atoms with E-state index in [1.165, 1.54) is 18.2 Å². The quantitative estimate of drug-likeness (QED) is 0.0624. The molecule has 0 bridgehead atoms. The molecule has 0 saturated carbocycles. The minimum absolute atomic E-state index is 0.0223. The van der Waals surface area contributed by atoms with Crippen LogP contribution in [0.15, 0.2) is 47.7 Å². The van der Waals surface area contributed by atoms with Crippen LogP contribution in [-0.2, 0) is 44.4 Å². The van der Waals surface area contributed by atoms with E-state index in [4.69, 9.17) is 33.2 Å². The predicted octanol–water partition coefficient (Wildman–Crippen LogP) is -2.87. The standard InChI is InChI=1S/C31H42O17/c1-3-16-17(18(28(41)42-2)13-44-29(16)48-31-27(40)25(38)23(36)20(12-33)47-31)10-21(34)45-15-6-4-14(5-7-15)8-9-43-30-26(39)24(37)22(35)19(11-32)46-30/h3-7,13,17,19-20,22-27,29-33,35-40H,8-12H2,1-2H3. The minimum atomic E-state index is -1.72. The predicted molar refractivity (Wildman–Crippen MR) is 157 cm³/mol. The van der Waals surface area contributed by atoms with Crippen molar-refractivity contribution >= 4 is 11.9 Å². The van der Waals surface area contributed by atoms with E-state index in [-0.39, 0.29) is 29.9 Å². The number of hydrogen-bond donors (Lipinski definition) is 8. The highest BCUT2D eigenvalue weighted by atomic mass is 16.8. The fraction of sp³-hybridized carbons (Fsp3) is 0.613. The number of rotatable bonds is 12. The number of allylic oxidation sites excluding steroid dienone is 1. The van der Waals surface area contributed by atoms with E-state index in [9.17, 15) is 50.4 Å². The highest BCUT2D eigenvalue weighted by Crippen LogP contribution is 2.36. The lowest BCUT2D eigenvalue weighted by molar-refractivity contribution is -0.327. The van der Waals surface area contributed by atoms with Gasteiger partial charge in [0.1, 0.15) is 54.6 Å². The van der Waals surface area contributed by atoms with Gasteiger partial charge in [0, 0.05) is 11.5 Å².